The first-order valence-corrected chi connectivity index (χ1v) is 12.1. The van der Waals surface area contributed by atoms with Crippen molar-refractivity contribution in [1.82, 2.24) is 0 Å². The second kappa shape index (κ2) is 24.7. The highest BCUT2D eigenvalue weighted by atomic mass is 16.6. The van der Waals surface area contributed by atoms with E-state index in [1.54, 1.807) is 6.07 Å². The molecule has 2 N–H and O–H groups in total. The zero-order valence-electron chi connectivity index (χ0n) is 20.3. The number of aryl methyl sites for hydroxylation is 1. The molecule has 1 aromatic rings. The van der Waals surface area contributed by atoms with Crippen LogP contribution in [0.3, 0.4) is 0 Å². The van der Waals surface area contributed by atoms with Gasteiger partial charge in [-0.05, 0) is 24.5 Å². The normalized spacial score (nSPS) is 10.4. The summed E-state index contributed by atoms with van der Waals surface area (Å²) in [6, 6.07) is 7.67. The number of phenolic OH excluding ortho intramolecular Hbond substituents is 1. The summed E-state index contributed by atoms with van der Waals surface area (Å²) >= 11 is 0. The maximum Gasteiger partial charge on any atom is 0.330 e. The highest BCUT2D eigenvalue weighted by molar-refractivity contribution is 5.81. The molecule has 7 heteroatoms. The molecule has 0 spiro atoms. The van der Waals surface area contributed by atoms with Gasteiger partial charge in [-0.1, -0.05) is 70.2 Å². The molecule has 0 radical (unpaired) electrons. The van der Waals surface area contributed by atoms with Crippen LogP contribution in [0.1, 0.15) is 57.4 Å². The van der Waals surface area contributed by atoms with Crippen molar-refractivity contribution in [3.8, 4) is 5.75 Å². The molecular weight excluding hydrogens is 424 g/mol. The van der Waals surface area contributed by atoms with E-state index in [9.17, 15) is 9.90 Å². The highest BCUT2D eigenvalue weighted by Gasteiger charge is 1.99. The van der Waals surface area contributed by atoms with Crippen molar-refractivity contribution in [3.63, 3.8) is 0 Å². The number of unbranched alkanes of at least 4 members (excludes halogenated alkanes) is 6. The predicted octanol–water partition coefficient (Wildman–Crippen LogP) is 4.44. The molecule has 0 atom stereocenters. The first kappa shape index (κ1) is 31.1. The molecule has 0 saturated heterocycles. The number of aromatic hydroxyl groups is 1. The fourth-order valence-corrected chi connectivity index (χ4v) is 2.86. The van der Waals surface area contributed by atoms with Crippen LogP contribution in [0.4, 0.5) is 0 Å². The molecule has 0 aliphatic carbocycles. The van der Waals surface area contributed by atoms with Crippen molar-refractivity contribution in [3.05, 3.63) is 42.5 Å². The van der Waals surface area contributed by atoms with Crippen LogP contribution in [0, 0.1) is 0 Å². The summed E-state index contributed by atoms with van der Waals surface area (Å²) in [5.74, 6) is -0.000588. The number of hydrogen-bond donors (Lipinski definition) is 2. The van der Waals surface area contributed by atoms with Gasteiger partial charge in [-0.2, -0.15) is 0 Å². The minimum Gasteiger partial charge on any atom is -0.508 e. The van der Waals surface area contributed by atoms with Gasteiger partial charge in [-0.3, -0.25) is 0 Å². The topological polar surface area (TPSA) is 94.5 Å². The summed E-state index contributed by atoms with van der Waals surface area (Å²) in [6.45, 7) is 8.23. The molecule has 7 nitrogen and oxygen atoms in total. The molecule has 1 rings (SSSR count). The molecule has 0 saturated carbocycles. The monoisotopic (exact) mass is 468 g/mol. The third-order valence-corrected chi connectivity index (χ3v) is 4.66. The molecule has 33 heavy (non-hydrogen) atoms. The SMILES string of the molecule is C=CC(=O)OCCOCCOCCOCCO.CCCCCCCCCc1ccccc1O. The molecule has 0 heterocycles. The second-order valence-corrected chi connectivity index (χ2v) is 7.43. The summed E-state index contributed by atoms with van der Waals surface area (Å²) in [5, 5.41) is 18.0. The van der Waals surface area contributed by atoms with Crippen LogP contribution < -0.4 is 0 Å². The Balaban J connectivity index is 0.000000621. The maximum atomic E-state index is 10.6. The quantitative estimate of drug-likeness (QED) is 0.166. The van der Waals surface area contributed by atoms with Crippen molar-refractivity contribution in [2.45, 2.75) is 58.3 Å². The Labute approximate surface area is 199 Å². The van der Waals surface area contributed by atoms with Gasteiger partial charge in [-0.25, -0.2) is 4.79 Å². The number of aliphatic hydroxyl groups excluding tert-OH is 1. The lowest BCUT2D eigenvalue weighted by molar-refractivity contribution is -0.139. The molecule has 0 unspecified atom stereocenters. The van der Waals surface area contributed by atoms with Gasteiger partial charge in [0.2, 0.25) is 0 Å². The minimum atomic E-state index is -0.453. The summed E-state index contributed by atoms with van der Waals surface area (Å²) in [6.07, 6.45) is 11.4. The van der Waals surface area contributed by atoms with Gasteiger partial charge in [0.25, 0.3) is 0 Å². The minimum absolute atomic E-state index is 0.0204. The van der Waals surface area contributed by atoms with E-state index < -0.39 is 5.97 Å². The number of aliphatic hydroxyl groups is 1. The molecule has 0 aliphatic heterocycles. The van der Waals surface area contributed by atoms with Crippen molar-refractivity contribution in [2.24, 2.45) is 0 Å². The highest BCUT2D eigenvalue weighted by Crippen LogP contribution is 2.18. The van der Waals surface area contributed by atoms with Crippen LogP contribution >= 0.6 is 0 Å². The van der Waals surface area contributed by atoms with Crippen LogP contribution in [0.5, 0.6) is 5.75 Å². The zero-order chi connectivity index (χ0) is 24.4. The number of esters is 1. The Morgan fingerprint density at radius 2 is 1.39 bits per heavy atom. The lowest BCUT2D eigenvalue weighted by Crippen LogP contribution is -2.13. The van der Waals surface area contributed by atoms with E-state index in [-0.39, 0.29) is 13.2 Å². The second-order valence-electron chi connectivity index (χ2n) is 7.43. The van der Waals surface area contributed by atoms with Crippen LogP contribution in [0.2, 0.25) is 0 Å². The van der Waals surface area contributed by atoms with Crippen molar-refractivity contribution in [2.75, 3.05) is 52.9 Å². The number of hydrogen-bond acceptors (Lipinski definition) is 7. The first-order valence-electron chi connectivity index (χ1n) is 12.1. The van der Waals surface area contributed by atoms with Crippen LogP contribution in [0.25, 0.3) is 0 Å². The molecule has 0 amide bonds. The van der Waals surface area contributed by atoms with Crippen LogP contribution in [0.15, 0.2) is 36.9 Å². The standard InChI is InChI=1S/C15H24O.C11H20O6/c1-2-3-4-5-6-7-8-11-14-12-9-10-13-15(14)16;1-2-11(13)17-10-9-16-8-7-15-6-5-14-4-3-12/h9-10,12-13,16H,2-8,11H2,1H3;2,12H,1,3-10H2. The summed E-state index contributed by atoms with van der Waals surface area (Å²) in [4.78, 5) is 10.6. The number of para-hydroxylation sites is 1. The molecule has 0 aliphatic rings. The van der Waals surface area contributed by atoms with Gasteiger partial charge >= 0.3 is 5.97 Å². The third kappa shape index (κ3) is 21.7. The Kier molecular flexibility index (Phi) is 23.3. The van der Waals surface area contributed by atoms with E-state index in [4.69, 9.17) is 24.1 Å². The number of rotatable bonds is 20. The van der Waals surface area contributed by atoms with Gasteiger partial charge < -0.3 is 29.2 Å². The summed E-state index contributed by atoms with van der Waals surface area (Å²) in [5.41, 5.74) is 1.09. The lowest BCUT2D eigenvalue weighted by atomic mass is 10.0. The van der Waals surface area contributed by atoms with Gasteiger partial charge in [0, 0.05) is 6.08 Å². The van der Waals surface area contributed by atoms with Gasteiger partial charge in [-0.15, -0.1) is 0 Å². The predicted molar refractivity (Wildman–Crippen MR) is 131 cm³/mol. The van der Waals surface area contributed by atoms with E-state index in [1.807, 2.05) is 18.2 Å². The number of ether oxygens (including phenoxy) is 4. The van der Waals surface area contributed by atoms with Crippen LogP contribution in [-0.4, -0.2) is 69.0 Å². The summed E-state index contributed by atoms with van der Waals surface area (Å²) in [7, 11) is 0. The molecule has 1 aromatic carbocycles. The fraction of sp³-hybridized carbons (Fsp3) is 0.654. The van der Waals surface area contributed by atoms with E-state index in [0.717, 1.165) is 18.1 Å². The number of carbonyl (C=O) groups excluding carboxylic acids is 1. The number of phenols is 1. The van der Waals surface area contributed by atoms with Crippen molar-refractivity contribution >= 4 is 5.97 Å². The Morgan fingerprint density at radius 3 is 1.97 bits per heavy atom. The molecule has 0 bridgehead atoms. The molecule has 190 valence electrons. The van der Waals surface area contributed by atoms with Crippen molar-refractivity contribution < 1.29 is 34.0 Å². The molecular formula is C26H44O7. The average Bonchev–Trinajstić information content (AvgIpc) is 2.83. The average molecular weight is 469 g/mol. The smallest absolute Gasteiger partial charge is 0.330 e. The van der Waals surface area contributed by atoms with Crippen LogP contribution in [-0.2, 0) is 30.2 Å². The Hall–Kier alpha value is -1.93. The third-order valence-electron chi connectivity index (χ3n) is 4.66. The fourth-order valence-electron chi connectivity index (χ4n) is 2.86. The number of carbonyl (C=O) groups is 1. The van der Waals surface area contributed by atoms with E-state index in [2.05, 4.69) is 13.5 Å². The molecule has 0 fully saturated rings. The zero-order valence-corrected chi connectivity index (χ0v) is 20.3. The first-order chi connectivity index (χ1) is 16.2. The van der Waals surface area contributed by atoms with Gasteiger partial charge in [0.1, 0.15) is 12.4 Å². The van der Waals surface area contributed by atoms with Crippen molar-refractivity contribution in [1.29, 1.82) is 0 Å². The Bertz CT molecular complexity index is 578. The summed E-state index contributed by atoms with van der Waals surface area (Å²) < 4.78 is 20.0. The van der Waals surface area contributed by atoms with Gasteiger partial charge in [0.05, 0.1) is 46.2 Å². The molecule has 0 aromatic heterocycles. The number of benzene rings is 1. The van der Waals surface area contributed by atoms with E-state index >= 15 is 0 Å². The van der Waals surface area contributed by atoms with E-state index in [1.165, 1.54) is 44.9 Å². The largest absolute Gasteiger partial charge is 0.508 e. The lowest BCUT2D eigenvalue weighted by Gasteiger charge is -2.06. The Morgan fingerprint density at radius 1 is 0.848 bits per heavy atom. The van der Waals surface area contributed by atoms with Gasteiger partial charge in [0.15, 0.2) is 0 Å². The maximum absolute atomic E-state index is 10.6. The van der Waals surface area contributed by atoms with E-state index in [0.29, 0.717) is 45.4 Å².